The predicted octanol–water partition coefficient (Wildman–Crippen LogP) is 4.99. The molecule has 37 heavy (non-hydrogen) atoms. The number of halogens is 1. The lowest BCUT2D eigenvalue weighted by Gasteiger charge is -2.25. The molecular weight excluding hydrogens is 475 g/mol. The van der Waals surface area contributed by atoms with Gasteiger partial charge >= 0.3 is 0 Å². The summed E-state index contributed by atoms with van der Waals surface area (Å²) in [5.74, 6) is -1.08. The van der Waals surface area contributed by atoms with Gasteiger partial charge in [0.05, 0.1) is 25.8 Å². The highest BCUT2D eigenvalue weighted by molar-refractivity contribution is 6.46. The maximum Gasteiger partial charge on any atom is 0.295 e. The highest BCUT2D eigenvalue weighted by Gasteiger charge is 2.45. The number of Topliss-reactive ketones (excluding diaryl/α,β-unsaturated/α-hetero) is 1. The Labute approximate surface area is 212 Å². The molecule has 1 aliphatic heterocycles. The molecule has 0 saturated carbocycles. The summed E-state index contributed by atoms with van der Waals surface area (Å²) in [5, 5.41) is 12.2. The summed E-state index contributed by atoms with van der Waals surface area (Å²) < 4.78 is 24.3. The van der Waals surface area contributed by atoms with E-state index in [1.165, 1.54) is 36.3 Å². The quantitative estimate of drug-likeness (QED) is 0.212. The first-order valence-electron chi connectivity index (χ1n) is 11.7. The van der Waals surface area contributed by atoms with E-state index in [1.54, 1.807) is 31.4 Å². The fourth-order valence-electron chi connectivity index (χ4n) is 4.76. The smallest absolute Gasteiger partial charge is 0.295 e. The number of aliphatic hydroxyl groups excluding tert-OH is 1. The second kappa shape index (κ2) is 9.81. The van der Waals surface area contributed by atoms with Gasteiger partial charge in [0.1, 0.15) is 23.1 Å². The van der Waals surface area contributed by atoms with Gasteiger partial charge in [-0.2, -0.15) is 0 Å². The minimum Gasteiger partial charge on any atom is -0.507 e. The number of carbonyl (C=O) groups excluding carboxylic acids is 2. The van der Waals surface area contributed by atoms with Crippen LogP contribution in [0.3, 0.4) is 0 Å². The van der Waals surface area contributed by atoms with E-state index >= 15 is 0 Å². The van der Waals surface area contributed by atoms with Crippen LogP contribution in [-0.4, -0.2) is 47.4 Å². The Bertz CT molecular complexity index is 1520. The van der Waals surface area contributed by atoms with E-state index in [9.17, 15) is 19.1 Å². The molecule has 2 N–H and O–H groups in total. The lowest BCUT2D eigenvalue weighted by Crippen LogP contribution is -2.31. The third-order valence-corrected chi connectivity index (χ3v) is 6.67. The molecule has 5 rings (SSSR count). The number of hydrogen-bond donors (Lipinski definition) is 2. The average molecular weight is 501 g/mol. The SMILES string of the molecule is COc1cccc(/C(O)=C2/C(=O)C(=O)N(CCc3c[nH]c4ccc(OC)cc34)C2c2ccc(F)cc2)c1. The van der Waals surface area contributed by atoms with Crippen molar-refractivity contribution in [3.8, 4) is 11.5 Å². The van der Waals surface area contributed by atoms with Crippen molar-refractivity contribution in [2.45, 2.75) is 12.5 Å². The number of aromatic nitrogens is 1. The molecule has 1 fully saturated rings. The Morgan fingerprint density at radius 3 is 2.46 bits per heavy atom. The number of amides is 1. The molecule has 1 unspecified atom stereocenters. The van der Waals surface area contributed by atoms with Crippen LogP contribution in [0.15, 0.2) is 78.5 Å². The van der Waals surface area contributed by atoms with E-state index in [2.05, 4.69) is 4.98 Å². The number of ether oxygens (including phenoxy) is 2. The Morgan fingerprint density at radius 1 is 1.00 bits per heavy atom. The van der Waals surface area contributed by atoms with Gasteiger partial charge in [-0.05, 0) is 60.0 Å². The molecule has 3 aromatic carbocycles. The number of nitrogens with zero attached hydrogens (tertiary/aromatic N) is 1. The molecule has 1 saturated heterocycles. The first kappa shape index (κ1) is 24.1. The van der Waals surface area contributed by atoms with Gasteiger partial charge in [-0.15, -0.1) is 0 Å². The van der Waals surface area contributed by atoms with Crippen molar-refractivity contribution in [2.75, 3.05) is 20.8 Å². The standard InChI is InChI=1S/C29H25FN2O5/c1-36-21-5-3-4-18(14-21)27(33)25-26(17-6-8-20(30)9-7-17)32(29(35)28(25)34)13-12-19-16-31-24-11-10-22(37-2)15-23(19)24/h3-11,14-16,26,31,33H,12-13H2,1-2H3/b27-25-. The zero-order valence-corrected chi connectivity index (χ0v) is 20.3. The molecule has 1 aliphatic rings. The van der Waals surface area contributed by atoms with E-state index in [4.69, 9.17) is 9.47 Å². The summed E-state index contributed by atoms with van der Waals surface area (Å²) in [5.41, 5.74) is 2.68. The van der Waals surface area contributed by atoms with Crippen molar-refractivity contribution >= 4 is 28.4 Å². The molecule has 4 aromatic rings. The number of likely N-dealkylation sites (tertiary alicyclic amines) is 1. The fourth-order valence-corrected chi connectivity index (χ4v) is 4.76. The molecule has 1 aromatic heterocycles. The van der Waals surface area contributed by atoms with Crippen LogP contribution in [-0.2, 0) is 16.0 Å². The van der Waals surface area contributed by atoms with Crippen molar-refractivity contribution in [3.05, 3.63) is 101 Å². The summed E-state index contributed by atoms with van der Waals surface area (Å²) in [6, 6.07) is 17.0. The molecule has 188 valence electrons. The number of rotatable bonds is 7. The van der Waals surface area contributed by atoms with Crippen molar-refractivity contribution in [2.24, 2.45) is 0 Å². The van der Waals surface area contributed by atoms with Crippen molar-refractivity contribution in [3.63, 3.8) is 0 Å². The van der Waals surface area contributed by atoms with E-state index in [1.807, 2.05) is 24.4 Å². The van der Waals surface area contributed by atoms with Crippen LogP contribution in [0.1, 0.15) is 22.7 Å². The van der Waals surface area contributed by atoms with Crippen LogP contribution in [0, 0.1) is 5.82 Å². The Hall–Kier alpha value is -4.59. The van der Waals surface area contributed by atoms with Crippen LogP contribution >= 0.6 is 0 Å². The average Bonchev–Trinajstić information content (AvgIpc) is 3.44. The fraction of sp³-hybridized carbons (Fsp3) is 0.172. The lowest BCUT2D eigenvalue weighted by molar-refractivity contribution is -0.139. The normalized spacial score (nSPS) is 16.9. The molecule has 8 heteroatoms. The van der Waals surface area contributed by atoms with Crippen LogP contribution in [0.4, 0.5) is 4.39 Å². The highest BCUT2D eigenvalue weighted by Crippen LogP contribution is 2.40. The Morgan fingerprint density at radius 2 is 1.73 bits per heavy atom. The number of benzene rings is 3. The third-order valence-electron chi connectivity index (χ3n) is 6.67. The van der Waals surface area contributed by atoms with Crippen LogP contribution in [0.2, 0.25) is 0 Å². The first-order valence-corrected chi connectivity index (χ1v) is 11.7. The molecule has 0 bridgehead atoms. The Balaban J connectivity index is 1.56. The summed E-state index contributed by atoms with van der Waals surface area (Å²) >= 11 is 0. The van der Waals surface area contributed by atoms with Crippen LogP contribution in [0.5, 0.6) is 11.5 Å². The third kappa shape index (κ3) is 4.42. The predicted molar refractivity (Wildman–Crippen MR) is 137 cm³/mol. The second-order valence-electron chi connectivity index (χ2n) is 8.75. The minimum atomic E-state index is -0.883. The minimum absolute atomic E-state index is 0.0505. The molecule has 7 nitrogen and oxygen atoms in total. The van der Waals surface area contributed by atoms with E-state index in [0.29, 0.717) is 29.0 Å². The van der Waals surface area contributed by atoms with Crippen LogP contribution < -0.4 is 9.47 Å². The van der Waals surface area contributed by atoms with Gasteiger partial charge in [-0.1, -0.05) is 24.3 Å². The number of aliphatic hydroxyl groups is 1. The maximum atomic E-state index is 13.7. The number of H-pyrrole nitrogens is 1. The monoisotopic (exact) mass is 500 g/mol. The molecule has 1 atom stereocenters. The Kier molecular flexibility index (Phi) is 6.40. The molecule has 0 radical (unpaired) electrons. The van der Waals surface area contributed by atoms with Gasteiger partial charge in [-0.3, -0.25) is 9.59 Å². The lowest BCUT2D eigenvalue weighted by atomic mass is 9.95. The van der Waals surface area contributed by atoms with Gasteiger partial charge in [0.15, 0.2) is 0 Å². The summed E-state index contributed by atoms with van der Waals surface area (Å²) in [4.78, 5) is 31.2. The number of ketones is 1. The second-order valence-corrected chi connectivity index (χ2v) is 8.75. The van der Waals surface area contributed by atoms with E-state index in [-0.39, 0.29) is 17.9 Å². The van der Waals surface area contributed by atoms with Gasteiger partial charge in [0, 0.05) is 29.2 Å². The number of methoxy groups -OCH3 is 2. The zero-order valence-electron chi connectivity index (χ0n) is 20.3. The van der Waals surface area contributed by atoms with Crippen molar-refractivity contribution < 1.29 is 28.6 Å². The summed E-state index contributed by atoms with van der Waals surface area (Å²) in [6.07, 6.45) is 2.31. The van der Waals surface area contributed by atoms with E-state index in [0.717, 1.165) is 16.5 Å². The van der Waals surface area contributed by atoms with Gasteiger partial charge in [0.25, 0.3) is 11.7 Å². The van der Waals surface area contributed by atoms with Crippen molar-refractivity contribution in [1.29, 1.82) is 0 Å². The molecule has 1 amide bonds. The van der Waals surface area contributed by atoms with Gasteiger partial charge < -0.3 is 24.5 Å². The zero-order chi connectivity index (χ0) is 26.1. The largest absolute Gasteiger partial charge is 0.507 e. The number of fused-ring (bicyclic) bond motifs is 1. The summed E-state index contributed by atoms with van der Waals surface area (Å²) in [6.45, 7) is 0.200. The van der Waals surface area contributed by atoms with E-state index < -0.39 is 23.5 Å². The number of carbonyl (C=O) groups is 2. The summed E-state index contributed by atoms with van der Waals surface area (Å²) in [7, 11) is 3.09. The molecular formula is C29H25FN2O5. The molecule has 0 spiro atoms. The highest BCUT2D eigenvalue weighted by atomic mass is 19.1. The topological polar surface area (TPSA) is 91.9 Å². The maximum absolute atomic E-state index is 13.7. The number of nitrogens with one attached hydrogen (secondary N) is 1. The number of hydrogen-bond acceptors (Lipinski definition) is 5. The number of aromatic amines is 1. The van der Waals surface area contributed by atoms with Gasteiger partial charge in [0.2, 0.25) is 0 Å². The molecule has 2 heterocycles. The first-order chi connectivity index (χ1) is 17.9. The van der Waals surface area contributed by atoms with Crippen molar-refractivity contribution in [1.82, 2.24) is 9.88 Å². The molecule has 0 aliphatic carbocycles. The van der Waals surface area contributed by atoms with Crippen LogP contribution in [0.25, 0.3) is 16.7 Å². The van der Waals surface area contributed by atoms with Gasteiger partial charge in [-0.25, -0.2) is 4.39 Å².